The van der Waals surface area contributed by atoms with E-state index in [1.807, 2.05) is 36.4 Å². The Morgan fingerprint density at radius 2 is 1.88 bits per heavy atom. The molecule has 5 nitrogen and oxygen atoms in total. The van der Waals surface area contributed by atoms with Crippen LogP contribution in [0.4, 0.5) is 0 Å². The van der Waals surface area contributed by atoms with Crippen molar-refractivity contribution in [1.29, 1.82) is 0 Å². The molecule has 0 saturated heterocycles. The first kappa shape index (κ1) is 18.9. The van der Waals surface area contributed by atoms with Crippen molar-refractivity contribution in [3.05, 3.63) is 75.5 Å². The maximum Gasteiger partial charge on any atom is 0.328 e. The van der Waals surface area contributed by atoms with Crippen molar-refractivity contribution in [2.24, 2.45) is 0 Å². The molecule has 1 aromatic heterocycles. The zero-order chi connectivity index (χ0) is 18.4. The van der Waals surface area contributed by atoms with Crippen LogP contribution in [0.3, 0.4) is 0 Å². The number of ether oxygens (including phenoxy) is 1. The molecule has 0 aliphatic carbocycles. The van der Waals surface area contributed by atoms with Crippen molar-refractivity contribution in [3.8, 4) is 0 Å². The third-order valence-corrected chi connectivity index (χ3v) is 5.22. The molecule has 1 heterocycles. The lowest BCUT2D eigenvalue weighted by Gasteiger charge is -2.04. The maximum atomic E-state index is 11.9. The number of benzene rings is 2. The number of thioether (sulfide) groups is 1. The number of carbonyl (C=O) groups excluding carboxylic acids is 1. The van der Waals surface area contributed by atoms with Crippen LogP contribution in [0.1, 0.15) is 11.3 Å². The lowest BCUT2D eigenvalue weighted by atomic mass is 10.2. The average molecular weight is 453 g/mol. The summed E-state index contributed by atoms with van der Waals surface area (Å²) >= 11 is 10.9. The summed E-state index contributed by atoms with van der Waals surface area (Å²) in [5, 5.41) is 8.72. The van der Waals surface area contributed by atoms with Gasteiger partial charge < -0.3 is 4.74 Å². The third-order valence-electron chi connectivity index (χ3n) is 3.39. The first-order valence-corrected chi connectivity index (χ1v) is 9.91. The smallest absolute Gasteiger partial charge is 0.328 e. The molecule has 0 radical (unpaired) electrons. The van der Waals surface area contributed by atoms with Gasteiger partial charge in [0.25, 0.3) is 0 Å². The van der Waals surface area contributed by atoms with Gasteiger partial charge in [-0.25, -0.2) is 4.68 Å². The van der Waals surface area contributed by atoms with Crippen molar-refractivity contribution in [2.75, 3.05) is 0 Å². The fourth-order valence-corrected chi connectivity index (χ4v) is 3.26. The van der Waals surface area contributed by atoms with Crippen LogP contribution in [0, 0.1) is 0 Å². The SMILES string of the molecule is O=C(Cn1cc(CSc2ccc(Br)cc2)nn1)OCc1ccc(Cl)cc1. The molecular weight excluding hydrogens is 438 g/mol. The number of aromatic nitrogens is 3. The van der Waals surface area contributed by atoms with Crippen LogP contribution in [-0.4, -0.2) is 21.0 Å². The van der Waals surface area contributed by atoms with E-state index in [2.05, 4.69) is 26.2 Å². The highest BCUT2D eigenvalue weighted by Crippen LogP contribution is 2.23. The molecule has 0 saturated carbocycles. The largest absolute Gasteiger partial charge is 0.459 e. The zero-order valence-electron chi connectivity index (χ0n) is 13.6. The zero-order valence-corrected chi connectivity index (χ0v) is 16.8. The van der Waals surface area contributed by atoms with Gasteiger partial charge in [0.2, 0.25) is 0 Å². The molecule has 8 heteroatoms. The van der Waals surface area contributed by atoms with Gasteiger partial charge in [-0.3, -0.25) is 4.79 Å². The molecule has 0 N–H and O–H groups in total. The molecule has 0 aliphatic rings. The lowest BCUT2D eigenvalue weighted by molar-refractivity contribution is -0.145. The van der Waals surface area contributed by atoms with Crippen molar-refractivity contribution < 1.29 is 9.53 Å². The maximum absolute atomic E-state index is 11.9. The van der Waals surface area contributed by atoms with E-state index in [9.17, 15) is 4.79 Å². The molecule has 3 aromatic rings. The molecule has 0 unspecified atom stereocenters. The van der Waals surface area contributed by atoms with Crippen LogP contribution in [0.5, 0.6) is 0 Å². The summed E-state index contributed by atoms with van der Waals surface area (Å²) in [6.07, 6.45) is 1.76. The summed E-state index contributed by atoms with van der Waals surface area (Å²) in [5.74, 6) is 0.318. The number of hydrogen-bond donors (Lipinski definition) is 0. The van der Waals surface area contributed by atoms with Crippen molar-refractivity contribution in [3.63, 3.8) is 0 Å². The van der Waals surface area contributed by atoms with Gasteiger partial charge in [-0.15, -0.1) is 16.9 Å². The van der Waals surface area contributed by atoms with E-state index in [-0.39, 0.29) is 19.1 Å². The Morgan fingerprint density at radius 3 is 2.62 bits per heavy atom. The molecule has 0 bridgehead atoms. The number of halogens is 2. The Balaban J connectivity index is 1.45. The summed E-state index contributed by atoms with van der Waals surface area (Å²) in [6, 6.07) is 15.2. The van der Waals surface area contributed by atoms with Crippen molar-refractivity contribution >= 4 is 45.3 Å². The van der Waals surface area contributed by atoms with E-state index < -0.39 is 0 Å². The van der Waals surface area contributed by atoms with Gasteiger partial charge >= 0.3 is 5.97 Å². The lowest BCUT2D eigenvalue weighted by Crippen LogP contribution is -2.14. The van der Waals surface area contributed by atoms with Crippen LogP contribution in [0.15, 0.2) is 64.1 Å². The van der Waals surface area contributed by atoms with Gasteiger partial charge in [-0.05, 0) is 42.0 Å². The number of esters is 1. The van der Waals surface area contributed by atoms with Crippen LogP contribution >= 0.6 is 39.3 Å². The van der Waals surface area contributed by atoms with E-state index in [4.69, 9.17) is 16.3 Å². The van der Waals surface area contributed by atoms with Crippen molar-refractivity contribution in [2.45, 2.75) is 23.8 Å². The molecule has 0 atom stereocenters. The second-order valence-electron chi connectivity index (χ2n) is 5.44. The Bertz CT molecular complexity index is 869. The van der Waals surface area contributed by atoms with E-state index in [0.717, 1.165) is 20.6 Å². The predicted molar refractivity (Wildman–Crippen MR) is 105 cm³/mol. The quantitative estimate of drug-likeness (QED) is 0.383. The Kier molecular flexibility index (Phi) is 6.71. The van der Waals surface area contributed by atoms with Gasteiger partial charge in [-0.1, -0.05) is 44.9 Å². The summed E-state index contributed by atoms with van der Waals surface area (Å²) in [4.78, 5) is 13.1. The minimum Gasteiger partial charge on any atom is -0.459 e. The van der Waals surface area contributed by atoms with Gasteiger partial charge in [0.05, 0.1) is 5.69 Å². The van der Waals surface area contributed by atoms with E-state index in [1.54, 1.807) is 30.1 Å². The summed E-state index contributed by atoms with van der Waals surface area (Å²) in [5.41, 5.74) is 1.69. The minimum absolute atomic E-state index is 0.0313. The molecule has 3 rings (SSSR count). The minimum atomic E-state index is -0.364. The number of carbonyl (C=O) groups is 1. The summed E-state index contributed by atoms with van der Waals surface area (Å²) in [7, 11) is 0. The van der Waals surface area contributed by atoms with Crippen LogP contribution < -0.4 is 0 Å². The van der Waals surface area contributed by atoms with E-state index in [0.29, 0.717) is 10.8 Å². The highest BCUT2D eigenvalue weighted by molar-refractivity contribution is 9.10. The fraction of sp³-hybridized carbons (Fsp3) is 0.167. The highest BCUT2D eigenvalue weighted by atomic mass is 79.9. The third kappa shape index (κ3) is 5.86. The topological polar surface area (TPSA) is 57.0 Å². The molecule has 0 aliphatic heterocycles. The standard InChI is InChI=1S/C18H15BrClN3O2S/c19-14-3-7-17(8-4-14)26-12-16-9-23(22-21-16)10-18(24)25-11-13-1-5-15(20)6-2-13/h1-9H,10-12H2. The number of nitrogens with zero attached hydrogens (tertiary/aromatic N) is 3. The van der Waals surface area contributed by atoms with Crippen LogP contribution in [0.25, 0.3) is 0 Å². The highest BCUT2D eigenvalue weighted by Gasteiger charge is 2.08. The Hall–Kier alpha value is -1.83. The second kappa shape index (κ2) is 9.21. The molecule has 134 valence electrons. The van der Waals surface area contributed by atoms with Crippen molar-refractivity contribution in [1.82, 2.24) is 15.0 Å². The normalized spacial score (nSPS) is 10.7. The predicted octanol–water partition coefficient (Wildman–Crippen LogP) is 4.73. The number of hydrogen-bond acceptors (Lipinski definition) is 5. The van der Waals surface area contributed by atoms with E-state index in [1.165, 1.54) is 4.68 Å². The Labute approximate surface area is 168 Å². The van der Waals surface area contributed by atoms with Gasteiger partial charge in [0, 0.05) is 26.3 Å². The molecule has 0 spiro atoms. The van der Waals surface area contributed by atoms with Gasteiger partial charge in [0.15, 0.2) is 0 Å². The van der Waals surface area contributed by atoms with E-state index >= 15 is 0 Å². The molecule has 0 amide bonds. The Morgan fingerprint density at radius 1 is 1.15 bits per heavy atom. The average Bonchev–Trinajstić information content (AvgIpc) is 3.08. The van der Waals surface area contributed by atoms with Gasteiger partial charge in [0.1, 0.15) is 13.2 Å². The summed E-state index contributed by atoms with van der Waals surface area (Å²) in [6.45, 7) is 0.237. The molecule has 26 heavy (non-hydrogen) atoms. The first-order chi connectivity index (χ1) is 12.6. The monoisotopic (exact) mass is 451 g/mol. The number of rotatable bonds is 7. The fourth-order valence-electron chi connectivity index (χ4n) is 2.09. The molecular formula is C18H15BrClN3O2S. The van der Waals surface area contributed by atoms with Crippen LogP contribution in [-0.2, 0) is 28.4 Å². The molecule has 0 fully saturated rings. The summed E-state index contributed by atoms with van der Waals surface area (Å²) < 4.78 is 7.78. The van der Waals surface area contributed by atoms with Crippen LogP contribution in [0.2, 0.25) is 5.02 Å². The second-order valence-corrected chi connectivity index (χ2v) is 7.84. The van der Waals surface area contributed by atoms with Gasteiger partial charge in [-0.2, -0.15) is 0 Å². The molecule has 2 aromatic carbocycles. The first-order valence-electron chi connectivity index (χ1n) is 7.76.